The van der Waals surface area contributed by atoms with E-state index in [0.717, 1.165) is 50.1 Å². The van der Waals surface area contributed by atoms with Gasteiger partial charge in [-0.05, 0) is 84.5 Å². The average Bonchev–Trinajstić information content (AvgIpc) is 3.88. The molecule has 11 aromatic rings. The first-order valence-electron chi connectivity index (χ1n) is 19.0. The quantitative estimate of drug-likeness (QED) is 0.175. The molecule has 55 heavy (non-hydrogen) atoms. The van der Waals surface area contributed by atoms with Gasteiger partial charge in [-0.25, -0.2) is 0 Å². The summed E-state index contributed by atoms with van der Waals surface area (Å²) < 4.78 is 11.7. The molecule has 0 radical (unpaired) electrons. The zero-order chi connectivity index (χ0) is 36.6. The number of furan rings is 1. The van der Waals surface area contributed by atoms with Gasteiger partial charge in [-0.1, -0.05) is 133 Å². The fourth-order valence-electron chi connectivity index (χ4n) is 8.86. The van der Waals surface area contributed by atoms with Crippen molar-refractivity contribution < 1.29 is 4.42 Å². The van der Waals surface area contributed by atoms with Gasteiger partial charge in [0.1, 0.15) is 11.3 Å². The average molecular weight is 705 g/mol. The number of rotatable bonds is 5. The maximum absolute atomic E-state index is 6.84. The smallest absolute Gasteiger partial charge is 0.145 e. The van der Waals surface area contributed by atoms with Gasteiger partial charge >= 0.3 is 0 Å². The van der Waals surface area contributed by atoms with Crippen LogP contribution in [0.4, 0.5) is 0 Å². The second-order valence-electron chi connectivity index (χ2n) is 14.5. The fourth-order valence-corrected chi connectivity index (χ4v) is 8.86. The predicted molar refractivity (Wildman–Crippen MR) is 233 cm³/mol. The van der Waals surface area contributed by atoms with Crippen molar-refractivity contribution in [2.75, 3.05) is 0 Å². The molecule has 11 rings (SSSR count). The molecule has 0 atom stereocenters. The van der Waals surface area contributed by atoms with Crippen LogP contribution in [0.5, 0.6) is 0 Å². The predicted octanol–water partition coefficient (Wildman–Crippen LogP) is 14.5. The second kappa shape index (κ2) is 12.2. The molecule has 0 aliphatic heterocycles. The summed E-state index contributed by atoms with van der Waals surface area (Å²) in [6.07, 6.45) is 4.14. The first kappa shape index (κ1) is 31.4. The van der Waals surface area contributed by atoms with E-state index in [2.05, 4.69) is 198 Å². The highest BCUT2D eigenvalue weighted by Crippen LogP contribution is 2.47. The molecule has 0 bridgehead atoms. The summed E-state index contributed by atoms with van der Waals surface area (Å²) in [5.74, 6) is 0.895. The van der Waals surface area contributed by atoms with Crippen LogP contribution in [0.15, 0.2) is 180 Å². The van der Waals surface area contributed by atoms with Gasteiger partial charge < -0.3 is 13.6 Å². The Bertz CT molecular complexity index is 3250. The highest BCUT2D eigenvalue weighted by Gasteiger charge is 2.25. The van der Waals surface area contributed by atoms with Crippen molar-refractivity contribution in [1.29, 1.82) is 0 Å². The van der Waals surface area contributed by atoms with Crippen molar-refractivity contribution in [3.05, 3.63) is 187 Å². The van der Waals surface area contributed by atoms with Gasteiger partial charge in [0.05, 0.1) is 27.5 Å². The third-order valence-corrected chi connectivity index (χ3v) is 11.4. The Kier molecular flexibility index (Phi) is 6.99. The van der Waals surface area contributed by atoms with E-state index in [1.165, 1.54) is 60.2 Å². The molecule has 3 heterocycles. The molecule has 0 aliphatic carbocycles. The van der Waals surface area contributed by atoms with Crippen LogP contribution in [0, 0.1) is 6.92 Å². The van der Waals surface area contributed by atoms with Crippen molar-refractivity contribution >= 4 is 71.4 Å². The molecule has 0 saturated carbocycles. The Morgan fingerprint density at radius 1 is 0.473 bits per heavy atom. The minimum atomic E-state index is 0.895. The lowest BCUT2D eigenvalue weighted by molar-refractivity contribution is 0.604. The Balaban J connectivity index is 1.23. The first-order valence-corrected chi connectivity index (χ1v) is 19.0. The molecule has 260 valence electrons. The van der Waals surface area contributed by atoms with E-state index in [-0.39, 0.29) is 0 Å². The first-order chi connectivity index (χ1) is 27.2. The van der Waals surface area contributed by atoms with Crippen LogP contribution in [0.25, 0.3) is 105 Å². The molecule has 3 nitrogen and oxygen atoms in total. The molecule has 0 saturated heterocycles. The SMILES string of the molecule is C/C=C\c1oc2c(cc(-c3ccc(-n4c5ccccc5c5ccccc54)cc3)c3c2c2ccc4ccccc4c2n3-c2ccc(-c3ccccc3)cc2)c1C. The van der Waals surface area contributed by atoms with E-state index in [1.54, 1.807) is 0 Å². The number of hydrogen-bond acceptors (Lipinski definition) is 1. The molecule has 8 aromatic carbocycles. The Labute approximate surface area is 318 Å². The van der Waals surface area contributed by atoms with E-state index < -0.39 is 0 Å². The van der Waals surface area contributed by atoms with Crippen molar-refractivity contribution in [1.82, 2.24) is 9.13 Å². The van der Waals surface area contributed by atoms with Crippen LogP contribution in [0.1, 0.15) is 18.2 Å². The number of hydrogen-bond donors (Lipinski definition) is 0. The third kappa shape index (κ3) is 4.70. The molecule has 3 heteroatoms. The van der Waals surface area contributed by atoms with Gasteiger partial charge in [0.2, 0.25) is 0 Å². The zero-order valence-electron chi connectivity index (χ0n) is 30.6. The van der Waals surface area contributed by atoms with Crippen LogP contribution in [-0.2, 0) is 0 Å². The van der Waals surface area contributed by atoms with Gasteiger partial charge in [-0.2, -0.15) is 0 Å². The summed E-state index contributed by atoms with van der Waals surface area (Å²) in [7, 11) is 0. The number of aryl methyl sites for hydroxylation is 1. The fraction of sp³-hybridized carbons (Fsp3) is 0.0385. The van der Waals surface area contributed by atoms with Crippen molar-refractivity contribution in [3.63, 3.8) is 0 Å². The van der Waals surface area contributed by atoms with E-state index in [1.807, 2.05) is 6.92 Å². The highest BCUT2D eigenvalue weighted by molar-refractivity contribution is 6.28. The minimum absolute atomic E-state index is 0.895. The van der Waals surface area contributed by atoms with Crippen LogP contribution in [0.2, 0.25) is 0 Å². The molecule has 0 amide bonds. The lowest BCUT2D eigenvalue weighted by atomic mass is 9.97. The lowest BCUT2D eigenvalue weighted by Crippen LogP contribution is -1.97. The molecular weight excluding hydrogens is 669 g/mol. The van der Waals surface area contributed by atoms with Gasteiger partial charge in [0, 0.05) is 49.4 Å². The molecule has 0 unspecified atom stereocenters. The summed E-state index contributed by atoms with van der Waals surface area (Å²) in [5, 5.41) is 8.38. The summed E-state index contributed by atoms with van der Waals surface area (Å²) >= 11 is 0. The molecule has 0 spiro atoms. The van der Waals surface area contributed by atoms with E-state index >= 15 is 0 Å². The molecule has 0 fully saturated rings. The van der Waals surface area contributed by atoms with E-state index in [9.17, 15) is 0 Å². The number of fused-ring (bicyclic) bond motifs is 10. The Morgan fingerprint density at radius 2 is 1.05 bits per heavy atom. The maximum Gasteiger partial charge on any atom is 0.145 e. The van der Waals surface area contributed by atoms with Crippen molar-refractivity contribution in [2.45, 2.75) is 13.8 Å². The normalized spacial score (nSPS) is 12.1. The summed E-state index contributed by atoms with van der Waals surface area (Å²) in [6.45, 7) is 4.22. The summed E-state index contributed by atoms with van der Waals surface area (Å²) in [4.78, 5) is 0. The molecule has 0 aliphatic rings. The van der Waals surface area contributed by atoms with Gasteiger partial charge in [-0.15, -0.1) is 0 Å². The maximum atomic E-state index is 6.84. The number of nitrogens with zero attached hydrogens (tertiary/aromatic N) is 2. The van der Waals surface area contributed by atoms with Crippen LogP contribution < -0.4 is 0 Å². The molecule has 0 N–H and O–H groups in total. The van der Waals surface area contributed by atoms with Gasteiger partial charge in [0.25, 0.3) is 0 Å². The van der Waals surface area contributed by atoms with Crippen molar-refractivity contribution in [2.24, 2.45) is 0 Å². The topological polar surface area (TPSA) is 23.0 Å². The number of benzene rings is 8. The zero-order valence-corrected chi connectivity index (χ0v) is 30.6. The van der Waals surface area contributed by atoms with Crippen LogP contribution >= 0.6 is 0 Å². The lowest BCUT2D eigenvalue weighted by Gasteiger charge is -2.15. The molecule has 3 aromatic heterocycles. The van der Waals surface area contributed by atoms with Gasteiger partial charge in [0.15, 0.2) is 0 Å². The largest absolute Gasteiger partial charge is 0.456 e. The van der Waals surface area contributed by atoms with Crippen molar-refractivity contribution in [3.8, 4) is 33.6 Å². The number of para-hydroxylation sites is 2. The Hall–Kier alpha value is -7.10. The molecular formula is C52H36N2O. The van der Waals surface area contributed by atoms with Gasteiger partial charge in [-0.3, -0.25) is 0 Å². The van der Waals surface area contributed by atoms with Crippen LogP contribution in [0.3, 0.4) is 0 Å². The number of aromatic nitrogens is 2. The standard InChI is InChI=1S/C52H36N2O/c1-3-13-48-33(2)44-32-45(37-24-29-38(30-25-37)53-46-20-11-9-18-41(46)42-19-10-12-21-47(42)53)51-49(52(44)55-48)43-31-26-36-16-7-8-17-40(36)50(43)54(51)39-27-22-35(23-28-39)34-14-5-4-6-15-34/h3-32H,1-2H3/b13-3-. The van der Waals surface area contributed by atoms with E-state index in [0.29, 0.717) is 0 Å². The minimum Gasteiger partial charge on any atom is -0.456 e. The monoisotopic (exact) mass is 704 g/mol. The third-order valence-electron chi connectivity index (χ3n) is 11.4. The Morgan fingerprint density at radius 3 is 1.75 bits per heavy atom. The summed E-state index contributed by atoms with van der Waals surface area (Å²) in [6, 6.07) is 61.8. The number of allylic oxidation sites excluding steroid dienone is 1. The highest BCUT2D eigenvalue weighted by atomic mass is 16.3. The van der Waals surface area contributed by atoms with E-state index in [4.69, 9.17) is 4.42 Å². The van der Waals surface area contributed by atoms with Crippen LogP contribution in [-0.4, -0.2) is 9.13 Å². The second-order valence-corrected chi connectivity index (χ2v) is 14.5. The summed E-state index contributed by atoms with van der Waals surface area (Å²) in [5.41, 5.74) is 13.7.